The number of nitrogens with one attached hydrogen (secondary N) is 1. The molecule has 0 bridgehead atoms. The van der Waals surface area contributed by atoms with Gasteiger partial charge in [0.15, 0.2) is 11.6 Å². The number of carbonyl (C=O) groups is 1. The summed E-state index contributed by atoms with van der Waals surface area (Å²) in [4.78, 5) is 40.6. The van der Waals surface area contributed by atoms with Gasteiger partial charge in [-0.3, -0.25) is 4.79 Å². The van der Waals surface area contributed by atoms with Gasteiger partial charge in [-0.15, -0.1) is 23.1 Å². The molecule has 34 heavy (non-hydrogen) atoms. The van der Waals surface area contributed by atoms with E-state index in [1.54, 1.807) is 0 Å². The van der Waals surface area contributed by atoms with Crippen LogP contribution in [-0.4, -0.2) is 29.7 Å². The van der Waals surface area contributed by atoms with Crippen LogP contribution in [0.4, 0.5) is 13.2 Å². The minimum atomic E-state index is -1.07. The van der Waals surface area contributed by atoms with Crippen LogP contribution in [0, 0.1) is 17.5 Å². The smallest absolute Gasteiger partial charge is 0.348 e. The Bertz CT molecular complexity index is 1540. The molecule has 2 aromatic heterocycles. The molecule has 0 fully saturated rings. The van der Waals surface area contributed by atoms with E-state index in [4.69, 9.17) is 4.74 Å². The van der Waals surface area contributed by atoms with Crippen molar-refractivity contribution < 1.29 is 27.4 Å². The second-order valence-electron chi connectivity index (χ2n) is 6.86. The maximum atomic E-state index is 14.7. The van der Waals surface area contributed by atoms with Gasteiger partial charge in [-0.1, -0.05) is 0 Å². The van der Waals surface area contributed by atoms with Crippen LogP contribution in [0.15, 0.2) is 50.2 Å². The molecule has 176 valence electrons. The molecule has 2 aromatic carbocycles. The summed E-state index contributed by atoms with van der Waals surface area (Å²) in [7, 11) is 2.47. The van der Waals surface area contributed by atoms with E-state index in [1.807, 2.05) is 0 Å². The fourth-order valence-corrected chi connectivity index (χ4v) is 5.16. The van der Waals surface area contributed by atoms with Crippen LogP contribution in [0.1, 0.15) is 15.2 Å². The van der Waals surface area contributed by atoms with Crippen LogP contribution in [-0.2, 0) is 10.5 Å². The highest BCUT2D eigenvalue weighted by atomic mass is 32.2. The SMILES string of the molecule is COC(=O)c1scc2[nH]c(=O)n(-c3cc(SCc4c(OC)ccc(F)c4F)ccc3F)c(=O)c12. The van der Waals surface area contributed by atoms with Gasteiger partial charge in [-0.2, -0.15) is 0 Å². The van der Waals surface area contributed by atoms with E-state index in [2.05, 4.69) is 9.72 Å². The van der Waals surface area contributed by atoms with Crippen molar-refractivity contribution in [3.63, 3.8) is 0 Å². The fraction of sp³-hybridized carbons (Fsp3) is 0.136. The molecule has 0 amide bonds. The molecule has 0 aliphatic heterocycles. The van der Waals surface area contributed by atoms with Crippen LogP contribution in [0.5, 0.6) is 5.75 Å². The fourth-order valence-electron chi connectivity index (χ4n) is 3.31. The second-order valence-corrected chi connectivity index (χ2v) is 8.79. The van der Waals surface area contributed by atoms with Crippen LogP contribution in [0.25, 0.3) is 16.6 Å². The predicted octanol–water partition coefficient (Wildman–Crippen LogP) is 4.25. The Balaban J connectivity index is 1.78. The lowest BCUT2D eigenvalue weighted by Gasteiger charge is -2.11. The largest absolute Gasteiger partial charge is 0.496 e. The topological polar surface area (TPSA) is 90.4 Å². The Morgan fingerprint density at radius 2 is 1.85 bits per heavy atom. The lowest BCUT2D eigenvalue weighted by molar-refractivity contribution is 0.0608. The standard InChI is InChI=1S/C22H15F3N2O5S2/c1-31-16-6-5-13(24)18(25)11(16)8-33-10-3-4-12(23)15(7-10)27-20(28)17-14(26-22(27)30)9-34-19(17)21(29)32-2/h3-7,9H,8H2,1-2H3,(H,26,30). The zero-order chi connectivity index (χ0) is 24.6. The molecule has 0 atom stereocenters. The first-order valence-corrected chi connectivity index (χ1v) is 11.4. The van der Waals surface area contributed by atoms with Crippen molar-refractivity contribution in [2.45, 2.75) is 10.6 Å². The molecule has 4 aromatic rings. The van der Waals surface area contributed by atoms with E-state index in [0.29, 0.717) is 9.46 Å². The molecule has 0 spiro atoms. The molecule has 0 saturated carbocycles. The maximum Gasteiger partial charge on any atom is 0.348 e. The summed E-state index contributed by atoms with van der Waals surface area (Å²) >= 11 is 1.93. The lowest BCUT2D eigenvalue weighted by Crippen LogP contribution is -2.34. The van der Waals surface area contributed by atoms with Crippen molar-refractivity contribution in [1.29, 1.82) is 0 Å². The van der Waals surface area contributed by atoms with Gasteiger partial charge < -0.3 is 14.5 Å². The maximum absolute atomic E-state index is 14.7. The number of hydrogen-bond donors (Lipinski definition) is 1. The average molecular weight is 508 g/mol. The van der Waals surface area contributed by atoms with E-state index < -0.39 is 34.7 Å². The van der Waals surface area contributed by atoms with Crippen molar-refractivity contribution in [2.75, 3.05) is 14.2 Å². The molecule has 0 radical (unpaired) electrons. The molecule has 12 heteroatoms. The quantitative estimate of drug-likeness (QED) is 0.310. The number of aromatic nitrogens is 2. The highest BCUT2D eigenvalue weighted by molar-refractivity contribution is 7.98. The number of H-pyrrole nitrogens is 1. The molecule has 0 unspecified atom stereocenters. The third-order valence-electron chi connectivity index (χ3n) is 4.94. The number of rotatable bonds is 6. The summed E-state index contributed by atoms with van der Waals surface area (Å²) in [6.07, 6.45) is 0. The number of carbonyl (C=O) groups excluding carboxylic acids is 1. The third-order valence-corrected chi connectivity index (χ3v) is 6.92. The molecular weight excluding hydrogens is 493 g/mol. The van der Waals surface area contributed by atoms with E-state index in [0.717, 1.165) is 42.3 Å². The molecule has 1 N–H and O–H groups in total. The normalized spacial score (nSPS) is 11.1. The van der Waals surface area contributed by atoms with Crippen LogP contribution in [0.3, 0.4) is 0 Å². The van der Waals surface area contributed by atoms with E-state index in [9.17, 15) is 27.6 Å². The number of thiophene rings is 1. The van der Waals surface area contributed by atoms with Gasteiger partial charge >= 0.3 is 11.7 Å². The minimum absolute atomic E-state index is 0.0317. The Kier molecular flexibility index (Phi) is 6.53. The summed E-state index contributed by atoms with van der Waals surface area (Å²) in [5, 5.41) is 1.30. The van der Waals surface area contributed by atoms with Crippen LogP contribution in [0.2, 0.25) is 0 Å². The molecule has 0 aliphatic rings. The third kappa shape index (κ3) is 4.10. The zero-order valence-electron chi connectivity index (χ0n) is 17.6. The van der Waals surface area contributed by atoms with Gasteiger partial charge in [-0.25, -0.2) is 27.3 Å². The van der Waals surface area contributed by atoms with E-state index in [-0.39, 0.29) is 38.5 Å². The van der Waals surface area contributed by atoms with Crippen molar-refractivity contribution in [2.24, 2.45) is 0 Å². The van der Waals surface area contributed by atoms with E-state index in [1.165, 1.54) is 30.7 Å². The summed E-state index contributed by atoms with van der Waals surface area (Å²) in [5.41, 5.74) is -2.09. The first kappa shape index (κ1) is 23.6. The Morgan fingerprint density at radius 1 is 1.12 bits per heavy atom. The highest BCUT2D eigenvalue weighted by Gasteiger charge is 2.22. The Hall–Kier alpha value is -3.51. The summed E-state index contributed by atoms with van der Waals surface area (Å²) in [5.74, 6) is -3.69. The molecule has 0 aliphatic carbocycles. The Morgan fingerprint density at radius 3 is 2.56 bits per heavy atom. The number of nitrogens with zero attached hydrogens (tertiary/aromatic N) is 1. The summed E-state index contributed by atoms with van der Waals surface area (Å²) in [6, 6.07) is 5.88. The van der Waals surface area contributed by atoms with Gasteiger partial charge in [0.2, 0.25) is 0 Å². The number of esters is 1. The number of aromatic amines is 1. The van der Waals surface area contributed by atoms with Crippen molar-refractivity contribution in [1.82, 2.24) is 9.55 Å². The summed E-state index contributed by atoms with van der Waals surface area (Å²) < 4.78 is 53.0. The summed E-state index contributed by atoms with van der Waals surface area (Å²) in [6.45, 7) is 0. The van der Waals surface area contributed by atoms with Gasteiger partial charge in [-0.05, 0) is 30.3 Å². The predicted molar refractivity (Wildman–Crippen MR) is 122 cm³/mol. The average Bonchev–Trinajstić information content (AvgIpc) is 3.25. The molecule has 7 nitrogen and oxygen atoms in total. The van der Waals surface area contributed by atoms with Gasteiger partial charge in [0.05, 0.1) is 30.8 Å². The van der Waals surface area contributed by atoms with Crippen molar-refractivity contribution in [3.8, 4) is 11.4 Å². The van der Waals surface area contributed by atoms with Crippen molar-refractivity contribution in [3.05, 3.63) is 84.4 Å². The monoisotopic (exact) mass is 508 g/mol. The van der Waals surface area contributed by atoms with E-state index >= 15 is 0 Å². The second kappa shape index (κ2) is 9.39. The van der Waals surface area contributed by atoms with Crippen LogP contribution >= 0.6 is 23.1 Å². The number of thioether (sulfide) groups is 1. The highest BCUT2D eigenvalue weighted by Crippen LogP contribution is 2.32. The van der Waals surface area contributed by atoms with Crippen LogP contribution < -0.4 is 16.0 Å². The number of fused-ring (bicyclic) bond motifs is 1. The minimum Gasteiger partial charge on any atom is -0.496 e. The number of benzene rings is 2. The van der Waals surface area contributed by atoms with Crippen molar-refractivity contribution >= 4 is 40.0 Å². The lowest BCUT2D eigenvalue weighted by atomic mass is 10.2. The molecule has 4 rings (SSSR count). The first-order valence-electron chi connectivity index (χ1n) is 9.55. The molecular formula is C22H15F3N2O5S2. The Labute approximate surface area is 197 Å². The molecule has 0 saturated heterocycles. The number of ether oxygens (including phenoxy) is 2. The number of halogens is 3. The first-order chi connectivity index (χ1) is 16.3. The zero-order valence-corrected chi connectivity index (χ0v) is 19.2. The number of hydrogen-bond acceptors (Lipinski definition) is 7. The van der Waals surface area contributed by atoms with Gasteiger partial charge in [0.1, 0.15) is 16.4 Å². The van der Waals surface area contributed by atoms with Gasteiger partial charge in [0, 0.05) is 21.6 Å². The van der Waals surface area contributed by atoms with Gasteiger partial charge in [0.25, 0.3) is 5.56 Å². The number of methoxy groups -OCH3 is 2. The molecule has 2 heterocycles.